The molecule has 0 bridgehead atoms. The molecule has 1 unspecified atom stereocenters. The van der Waals surface area contributed by atoms with Crippen LogP contribution in [0.4, 0.5) is 0 Å². The Morgan fingerprint density at radius 1 is 1.28 bits per heavy atom. The molecule has 0 saturated heterocycles. The molecule has 0 aliphatic heterocycles. The molecule has 0 aliphatic carbocycles. The summed E-state index contributed by atoms with van der Waals surface area (Å²) in [6.07, 6.45) is 0.395. The third kappa shape index (κ3) is 8.95. The average molecular weight is 261 g/mol. The van der Waals surface area contributed by atoms with Gasteiger partial charge in [-0.15, -0.1) is 0 Å². The number of aliphatic carboxylic acids is 1. The number of methoxy groups -OCH3 is 1. The first-order chi connectivity index (χ1) is 8.26. The molecule has 0 radical (unpaired) electrons. The van der Waals surface area contributed by atoms with Crippen LogP contribution in [0.25, 0.3) is 0 Å². The van der Waals surface area contributed by atoms with E-state index in [0.717, 1.165) is 0 Å². The van der Waals surface area contributed by atoms with Gasteiger partial charge in [0.15, 0.2) is 0 Å². The Morgan fingerprint density at radius 3 is 2.33 bits per heavy atom. The Morgan fingerprint density at radius 2 is 1.89 bits per heavy atom. The number of ether oxygens (including phenoxy) is 2. The van der Waals surface area contributed by atoms with Gasteiger partial charge in [-0.25, -0.2) is 4.79 Å². The molecule has 0 fully saturated rings. The normalized spacial score (nSPS) is 13.1. The Balaban J connectivity index is 4.08. The van der Waals surface area contributed by atoms with Crippen molar-refractivity contribution in [1.29, 1.82) is 0 Å². The van der Waals surface area contributed by atoms with E-state index in [1.807, 2.05) is 20.8 Å². The predicted octanol–water partition coefficient (Wildman–Crippen LogP) is 0.798. The van der Waals surface area contributed by atoms with Gasteiger partial charge in [0.25, 0.3) is 0 Å². The fraction of sp³-hybridized carbons (Fsp3) is 0.833. The van der Waals surface area contributed by atoms with Crippen molar-refractivity contribution < 1.29 is 24.2 Å². The van der Waals surface area contributed by atoms with Gasteiger partial charge in [-0.1, -0.05) is 0 Å². The van der Waals surface area contributed by atoms with E-state index in [-0.39, 0.29) is 37.6 Å². The van der Waals surface area contributed by atoms with Crippen LogP contribution in [-0.4, -0.2) is 48.9 Å². The van der Waals surface area contributed by atoms with Crippen molar-refractivity contribution in [2.45, 2.75) is 45.3 Å². The SMILES string of the molecule is COCCC(=O)NC(CCOC(C)(C)C)C(=O)O. The van der Waals surface area contributed by atoms with Crippen LogP contribution in [0.1, 0.15) is 33.6 Å². The van der Waals surface area contributed by atoms with E-state index in [4.69, 9.17) is 14.6 Å². The van der Waals surface area contributed by atoms with Crippen LogP contribution in [0.3, 0.4) is 0 Å². The number of carboxylic acids is 1. The highest BCUT2D eigenvalue weighted by atomic mass is 16.5. The van der Waals surface area contributed by atoms with Gasteiger partial charge in [0.05, 0.1) is 12.2 Å². The molecule has 0 aromatic carbocycles. The lowest BCUT2D eigenvalue weighted by Crippen LogP contribution is -2.42. The topological polar surface area (TPSA) is 84.9 Å². The summed E-state index contributed by atoms with van der Waals surface area (Å²) in [4.78, 5) is 22.3. The Kier molecular flexibility index (Phi) is 7.54. The molecule has 1 atom stereocenters. The standard InChI is InChI=1S/C12H23NO5/c1-12(2,3)18-8-5-9(11(15)16)13-10(14)6-7-17-4/h9H,5-8H2,1-4H3,(H,13,14)(H,15,16). The minimum atomic E-state index is -1.06. The van der Waals surface area contributed by atoms with Crippen LogP contribution < -0.4 is 5.32 Å². The average Bonchev–Trinajstić information content (AvgIpc) is 2.23. The van der Waals surface area contributed by atoms with Gasteiger partial charge in [0.1, 0.15) is 6.04 Å². The van der Waals surface area contributed by atoms with Crippen LogP contribution in [0, 0.1) is 0 Å². The smallest absolute Gasteiger partial charge is 0.326 e. The maximum absolute atomic E-state index is 11.4. The summed E-state index contributed by atoms with van der Waals surface area (Å²) in [5.41, 5.74) is -0.316. The number of rotatable bonds is 8. The molecule has 0 aromatic heterocycles. The molecule has 0 heterocycles. The number of carbonyl (C=O) groups is 2. The lowest BCUT2D eigenvalue weighted by Gasteiger charge is -2.21. The fourth-order valence-corrected chi connectivity index (χ4v) is 1.20. The van der Waals surface area contributed by atoms with Crippen molar-refractivity contribution in [1.82, 2.24) is 5.32 Å². The molecule has 2 N–H and O–H groups in total. The Hall–Kier alpha value is -1.14. The number of hydrogen-bond donors (Lipinski definition) is 2. The van der Waals surface area contributed by atoms with Gasteiger partial charge in [0, 0.05) is 26.6 Å². The van der Waals surface area contributed by atoms with Gasteiger partial charge >= 0.3 is 5.97 Å². The number of nitrogens with one attached hydrogen (secondary N) is 1. The molecule has 0 rings (SSSR count). The molecule has 18 heavy (non-hydrogen) atoms. The molecule has 0 spiro atoms. The largest absolute Gasteiger partial charge is 0.480 e. The lowest BCUT2D eigenvalue weighted by molar-refractivity contribution is -0.143. The first kappa shape index (κ1) is 16.9. The first-order valence-electron chi connectivity index (χ1n) is 5.91. The highest BCUT2D eigenvalue weighted by molar-refractivity contribution is 5.83. The summed E-state index contributed by atoms with van der Waals surface area (Å²) < 4.78 is 10.2. The van der Waals surface area contributed by atoms with Crippen molar-refractivity contribution in [3.8, 4) is 0 Å². The third-order valence-corrected chi connectivity index (χ3v) is 2.11. The van der Waals surface area contributed by atoms with E-state index >= 15 is 0 Å². The Labute approximate surface area is 108 Å². The fourth-order valence-electron chi connectivity index (χ4n) is 1.20. The summed E-state index contributed by atoms with van der Waals surface area (Å²) >= 11 is 0. The van der Waals surface area contributed by atoms with E-state index in [0.29, 0.717) is 0 Å². The molecule has 6 heteroatoms. The second-order valence-electron chi connectivity index (χ2n) is 4.95. The minimum absolute atomic E-state index is 0.153. The predicted molar refractivity (Wildman–Crippen MR) is 66.4 cm³/mol. The van der Waals surface area contributed by atoms with E-state index in [2.05, 4.69) is 5.32 Å². The highest BCUT2D eigenvalue weighted by Gasteiger charge is 2.20. The van der Waals surface area contributed by atoms with Crippen LogP contribution in [0.5, 0.6) is 0 Å². The maximum Gasteiger partial charge on any atom is 0.326 e. The summed E-state index contributed by atoms with van der Waals surface area (Å²) in [5.74, 6) is -1.39. The van der Waals surface area contributed by atoms with Gasteiger partial charge in [-0.3, -0.25) is 4.79 Å². The van der Waals surface area contributed by atoms with Crippen molar-refractivity contribution in [2.24, 2.45) is 0 Å². The molecule has 6 nitrogen and oxygen atoms in total. The molecule has 1 amide bonds. The monoisotopic (exact) mass is 261 g/mol. The van der Waals surface area contributed by atoms with Crippen LogP contribution >= 0.6 is 0 Å². The highest BCUT2D eigenvalue weighted by Crippen LogP contribution is 2.08. The molecule has 0 saturated carbocycles. The molecular weight excluding hydrogens is 238 g/mol. The summed E-state index contributed by atoms with van der Waals surface area (Å²) in [6.45, 7) is 6.22. The zero-order chi connectivity index (χ0) is 14.2. The number of carbonyl (C=O) groups excluding carboxylic acids is 1. The van der Waals surface area contributed by atoms with Crippen LogP contribution in [-0.2, 0) is 19.1 Å². The third-order valence-electron chi connectivity index (χ3n) is 2.11. The number of amides is 1. The zero-order valence-electron chi connectivity index (χ0n) is 11.5. The second-order valence-corrected chi connectivity index (χ2v) is 4.95. The van der Waals surface area contributed by atoms with Gasteiger partial charge in [0.2, 0.25) is 5.91 Å². The van der Waals surface area contributed by atoms with Crippen molar-refractivity contribution in [2.75, 3.05) is 20.3 Å². The minimum Gasteiger partial charge on any atom is -0.480 e. The summed E-state index contributed by atoms with van der Waals surface area (Å²) in [6, 6.07) is -0.920. The van der Waals surface area contributed by atoms with Crippen molar-refractivity contribution in [3.05, 3.63) is 0 Å². The summed E-state index contributed by atoms with van der Waals surface area (Å²) in [5, 5.41) is 11.4. The van der Waals surface area contributed by atoms with Crippen LogP contribution in [0.15, 0.2) is 0 Å². The second kappa shape index (κ2) is 8.05. The van der Waals surface area contributed by atoms with Gasteiger partial charge < -0.3 is 19.9 Å². The number of hydrogen-bond acceptors (Lipinski definition) is 4. The van der Waals surface area contributed by atoms with Gasteiger partial charge in [-0.2, -0.15) is 0 Å². The molecule has 0 aliphatic rings. The van der Waals surface area contributed by atoms with E-state index in [1.165, 1.54) is 7.11 Å². The van der Waals surface area contributed by atoms with Crippen LogP contribution in [0.2, 0.25) is 0 Å². The summed E-state index contributed by atoms with van der Waals surface area (Å²) in [7, 11) is 1.49. The molecule has 106 valence electrons. The Bertz CT molecular complexity index is 272. The van der Waals surface area contributed by atoms with Crippen molar-refractivity contribution in [3.63, 3.8) is 0 Å². The molecule has 0 aromatic rings. The van der Waals surface area contributed by atoms with E-state index in [1.54, 1.807) is 0 Å². The quantitative estimate of drug-likeness (QED) is 0.675. The molecular formula is C12H23NO5. The maximum atomic E-state index is 11.4. The van der Waals surface area contributed by atoms with E-state index < -0.39 is 12.0 Å². The number of carboxylic acid groups (broad SMARTS) is 1. The van der Waals surface area contributed by atoms with Gasteiger partial charge in [-0.05, 0) is 20.8 Å². The first-order valence-corrected chi connectivity index (χ1v) is 5.91. The zero-order valence-corrected chi connectivity index (χ0v) is 11.5. The van der Waals surface area contributed by atoms with Crippen molar-refractivity contribution >= 4 is 11.9 Å². The van der Waals surface area contributed by atoms with E-state index in [9.17, 15) is 9.59 Å². The lowest BCUT2D eigenvalue weighted by atomic mass is 10.1.